The fraction of sp³-hybridized carbons (Fsp3) is 0.280. The van der Waals surface area contributed by atoms with Crippen molar-refractivity contribution < 1.29 is 14.3 Å². The number of fused-ring (bicyclic) bond motifs is 1. The van der Waals surface area contributed by atoms with Gasteiger partial charge in [-0.2, -0.15) is 10.2 Å². The van der Waals surface area contributed by atoms with Crippen molar-refractivity contribution >= 4 is 17.6 Å². The lowest BCUT2D eigenvalue weighted by molar-refractivity contribution is -0.117. The summed E-state index contributed by atoms with van der Waals surface area (Å²) in [5.74, 6) is -0.0853. The monoisotopic (exact) mass is 446 g/mol. The van der Waals surface area contributed by atoms with Crippen LogP contribution in [0.15, 0.2) is 59.0 Å². The average molecular weight is 447 g/mol. The van der Waals surface area contributed by atoms with E-state index in [1.165, 1.54) is 10.5 Å². The molecule has 170 valence electrons. The Balaban J connectivity index is 1.97. The first-order valence-corrected chi connectivity index (χ1v) is 10.7. The quantitative estimate of drug-likeness (QED) is 0.306. The van der Waals surface area contributed by atoms with E-state index in [4.69, 9.17) is 9.47 Å². The summed E-state index contributed by atoms with van der Waals surface area (Å²) in [6.07, 6.45) is 3.52. The summed E-state index contributed by atoms with van der Waals surface area (Å²) in [5.41, 5.74) is 0.560. The third-order valence-corrected chi connectivity index (χ3v) is 4.72. The molecule has 2 aromatic heterocycles. The highest BCUT2D eigenvalue weighted by Gasteiger charge is 2.18. The number of carbonyl (C=O) groups excluding carboxylic acids is 1. The third-order valence-electron chi connectivity index (χ3n) is 4.72. The second-order valence-corrected chi connectivity index (χ2v) is 7.63. The summed E-state index contributed by atoms with van der Waals surface area (Å²) >= 11 is 0. The number of para-hydroxylation sites is 1. The predicted molar refractivity (Wildman–Crippen MR) is 125 cm³/mol. The number of aryl methyl sites for hydroxylation is 1. The van der Waals surface area contributed by atoms with Crippen molar-refractivity contribution in [3.63, 3.8) is 0 Å². The Labute approximate surface area is 192 Å². The zero-order valence-corrected chi connectivity index (χ0v) is 18.9. The summed E-state index contributed by atoms with van der Waals surface area (Å²) in [4.78, 5) is 30.3. The van der Waals surface area contributed by atoms with Crippen molar-refractivity contribution in [1.82, 2.24) is 14.7 Å². The highest BCUT2D eigenvalue weighted by Crippen LogP contribution is 2.24. The van der Waals surface area contributed by atoms with Crippen LogP contribution in [0.25, 0.3) is 11.7 Å². The summed E-state index contributed by atoms with van der Waals surface area (Å²) in [7, 11) is 0. The van der Waals surface area contributed by atoms with Gasteiger partial charge in [-0.1, -0.05) is 24.3 Å². The van der Waals surface area contributed by atoms with Gasteiger partial charge in [-0.25, -0.2) is 0 Å². The van der Waals surface area contributed by atoms with Crippen molar-refractivity contribution in [2.24, 2.45) is 0 Å². The lowest BCUT2D eigenvalue weighted by Gasteiger charge is -2.11. The molecule has 0 saturated heterocycles. The molecular formula is C25H26N4O4. The van der Waals surface area contributed by atoms with Gasteiger partial charge in [0.25, 0.3) is 11.5 Å². The molecule has 1 N–H and O–H groups in total. The molecule has 33 heavy (non-hydrogen) atoms. The zero-order chi connectivity index (χ0) is 23.8. The van der Waals surface area contributed by atoms with E-state index < -0.39 is 11.5 Å². The van der Waals surface area contributed by atoms with Gasteiger partial charge in [0.2, 0.25) is 5.88 Å². The van der Waals surface area contributed by atoms with Crippen molar-refractivity contribution in [2.75, 3.05) is 13.2 Å². The van der Waals surface area contributed by atoms with Crippen LogP contribution in [0.5, 0.6) is 11.6 Å². The minimum Gasteiger partial charge on any atom is -0.438 e. The second kappa shape index (κ2) is 11.1. The maximum atomic E-state index is 13.3. The fourth-order valence-electron chi connectivity index (χ4n) is 3.07. The van der Waals surface area contributed by atoms with Crippen LogP contribution in [-0.2, 0) is 9.53 Å². The molecule has 0 atom stereocenters. The van der Waals surface area contributed by atoms with Crippen LogP contribution in [-0.4, -0.2) is 34.5 Å². The van der Waals surface area contributed by atoms with E-state index in [-0.39, 0.29) is 23.1 Å². The van der Waals surface area contributed by atoms with E-state index in [9.17, 15) is 14.9 Å². The second-order valence-electron chi connectivity index (χ2n) is 7.63. The average Bonchev–Trinajstić information content (AvgIpc) is 2.80. The predicted octanol–water partition coefficient (Wildman–Crippen LogP) is 3.63. The standard InChI is InChI=1S/C25H26N4O4/c1-17(2)32-14-8-12-27-23(30)19(16-26)15-21-24(33-20-10-5-4-6-11-20)28-22-18(3)9-7-13-29(22)25(21)31/h4-7,9-11,13,15,17H,8,12,14H2,1-3H3,(H,27,30)/b19-15+. The molecule has 0 aliphatic rings. The molecular weight excluding hydrogens is 420 g/mol. The van der Waals surface area contributed by atoms with E-state index >= 15 is 0 Å². The molecule has 0 aliphatic heterocycles. The van der Waals surface area contributed by atoms with Crippen LogP contribution in [0.3, 0.4) is 0 Å². The van der Waals surface area contributed by atoms with E-state index in [1.54, 1.807) is 36.5 Å². The smallest absolute Gasteiger partial charge is 0.269 e. The fourth-order valence-corrected chi connectivity index (χ4v) is 3.07. The van der Waals surface area contributed by atoms with Crippen LogP contribution < -0.4 is 15.6 Å². The Bertz CT molecular complexity index is 1260. The minimum atomic E-state index is -0.582. The maximum Gasteiger partial charge on any atom is 0.269 e. The molecule has 3 aromatic rings. The molecule has 8 heteroatoms. The van der Waals surface area contributed by atoms with E-state index in [0.29, 0.717) is 31.0 Å². The number of hydrogen-bond donors (Lipinski definition) is 1. The van der Waals surface area contributed by atoms with Gasteiger partial charge in [0.05, 0.1) is 6.10 Å². The molecule has 0 bridgehead atoms. The molecule has 0 saturated carbocycles. The van der Waals surface area contributed by atoms with Crippen LogP contribution in [0.4, 0.5) is 0 Å². The largest absolute Gasteiger partial charge is 0.438 e. The highest BCUT2D eigenvalue weighted by molar-refractivity contribution is 6.01. The first-order valence-electron chi connectivity index (χ1n) is 10.7. The molecule has 0 aliphatic carbocycles. The highest BCUT2D eigenvalue weighted by atomic mass is 16.5. The number of nitriles is 1. The summed E-state index contributed by atoms with van der Waals surface area (Å²) in [5, 5.41) is 12.3. The van der Waals surface area contributed by atoms with Crippen molar-refractivity contribution in [2.45, 2.75) is 33.3 Å². The molecule has 0 radical (unpaired) electrons. The number of hydrogen-bond acceptors (Lipinski definition) is 6. The van der Waals surface area contributed by atoms with E-state index in [2.05, 4.69) is 10.3 Å². The Morgan fingerprint density at radius 2 is 2.00 bits per heavy atom. The normalized spacial score (nSPS) is 11.4. The van der Waals surface area contributed by atoms with Gasteiger partial charge in [-0.3, -0.25) is 14.0 Å². The van der Waals surface area contributed by atoms with E-state index in [1.807, 2.05) is 39.0 Å². The third kappa shape index (κ3) is 6.05. The number of nitrogens with zero attached hydrogens (tertiary/aromatic N) is 3. The number of ether oxygens (including phenoxy) is 2. The first-order chi connectivity index (χ1) is 15.9. The number of pyridine rings is 1. The van der Waals surface area contributed by atoms with Crippen LogP contribution in [0.1, 0.15) is 31.4 Å². The Hall–Kier alpha value is -3.96. The number of amides is 1. The van der Waals surface area contributed by atoms with Crippen molar-refractivity contribution in [1.29, 1.82) is 5.26 Å². The molecule has 8 nitrogen and oxygen atoms in total. The molecule has 1 amide bonds. The molecule has 2 heterocycles. The van der Waals surface area contributed by atoms with Crippen LogP contribution in [0.2, 0.25) is 0 Å². The van der Waals surface area contributed by atoms with Gasteiger partial charge in [0.1, 0.15) is 28.6 Å². The van der Waals surface area contributed by atoms with Gasteiger partial charge >= 0.3 is 0 Å². The maximum absolute atomic E-state index is 13.3. The number of benzene rings is 1. The number of carbonyl (C=O) groups is 1. The lowest BCUT2D eigenvalue weighted by Crippen LogP contribution is -2.27. The number of aromatic nitrogens is 2. The van der Waals surface area contributed by atoms with Gasteiger partial charge < -0.3 is 14.8 Å². The summed E-state index contributed by atoms with van der Waals surface area (Å²) in [6.45, 7) is 6.53. The molecule has 0 fully saturated rings. The van der Waals surface area contributed by atoms with Gasteiger partial charge in [0, 0.05) is 19.3 Å². The Morgan fingerprint density at radius 1 is 1.24 bits per heavy atom. The number of rotatable bonds is 9. The zero-order valence-electron chi connectivity index (χ0n) is 18.9. The van der Waals surface area contributed by atoms with Crippen molar-refractivity contribution in [3.05, 3.63) is 75.7 Å². The van der Waals surface area contributed by atoms with Crippen molar-refractivity contribution in [3.8, 4) is 17.7 Å². The van der Waals surface area contributed by atoms with E-state index in [0.717, 1.165) is 5.56 Å². The minimum absolute atomic E-state index is 0.0109. The van der Waals surface area contributed by atoms with Crippen LogP contribution in [0, 0.1) is 18.3 Å². The molecule has 0 spiro atoms. The summed E-state index contributed by atoms with van der Waals surface area (Å²) in [6, 6.07) is 14.3. The summed E-state index contributed by atoms with van der Waals surface area (Å²) < 4.78 is 12.7. The first kappa shape index (κ1) is 23.7. The van der Waals surface area contributed by atoms with Gasteiger partial charge in [-0.15, -0.1) is 0 Å². The number of nitrogens with one attached hydrogen (secondary N) is 1. The Kier molecular flexibility index (Phi) is 7.95. The molecule has 3 rings (SSSR count). The SMILES string of the molecule is Cc1cccn2c(=O)c(/C=C(\C#N)C(=O)NCCCOC(C)C)c(Oc3ccccc3)nc12. The molecule has 1 aromatic carbocycles. The van der Waals surface area contributed by atoms with Crippen LogP contribution >= 0.6 is 0 Å². The Morgan fingerprint density at radius 3 is 2.70 bits per heavy atom. The molecule has 0 unspecified atom stereocenters. The lowest BCUT2D eigenvalue weighted by atomic mass is 10.1. The van der Waals surface area contributed by atoms with Gasteiger partial charge in [-0.05, 0) is 57.0 Å². The van der Waals surface area contributed by atoms with Gasteiger partial charge in [0.15, 0.2) is 0 Å². The topological polar surface area (TPSA) is 106 Å².